The topological polar surface area (TPSA) is 115 Å². The van der Waals surface area contributed by atoms with E-state index in [9.17, 15) is 5.11 Å². The molecule has 0 fully saturated rings. The van der Waals surface area contributed by atoms with Gasteiger partial charge in [0, 0.05) is 12.4 Å². The normalized spacial score (nSPS) is 11.0. The van der Waals surface area contributed by atoms with Crippen LogP contribution in [0.3, 0.4) is 0 Å². The summed E-state index contributed by atoms with van der Waals surface area (Å²) in [4.78, 5) is 17.3. The van der Waals surface area contributed by atoms with E-state index in [4.69, 9.17) is 15.3 Å². The van der Waals surface area contributed by atoms with E-state index in [2.05, 4.69) is 9.98 Å². The minimum absolute atomic E-state index is 0. The van der Waals surface area contributed by atoms with Crippen molar-refractivity contribution in [2.75, 3.05) is 0 Å². The van der Waals surface area contributed by atoms with E-state index < -0.39 is 5.09 Å². The molecular formula is C19H15CuN3O4. The van der Waals surface area contributed by atoms with E-state index in [0.29, 0.717) is 5.56 Å². The van der Waals surface area contributed by atoms with Crippen molar-refractivity contribution in [1.82, 2.24) is 4.98 Å². The Morgan fingerprint density at radius 1 is 0.926 bits per heavy atom. The van der Waals surface area contributed by atoms with Crippen molar-refractivity contribution in [3.8, 4) is 5.75 Å². The van der Waals surface area contributed by atoms with Gasteiger partial charge in [-0.15, -0.1) is 5.75 Å². The van der Waals surface area contributed by atoms with Gasteiger partial charge in [0.15, 0.2) is 0 Å². The molecule has 1 atom stereocenters. The third kappa shape index (κ3) is 7.27. The maximum absolute atomic E-state index is 11.8. The monoisotopic (exact) mass is 412 g/mol. The molecular weight excluding hydrogens is 398 g/mol. The van der Waals surface area contributed by atoms with E-state index in [0.717, 1.165) is 11.3 Å². The smallest absolute Gasteiger partial charge is 0.872 e. The third-order valence-electron chi connectivity index (χ3n) is 3.36. The molecule has 0 spiro atoms. The fourth-order valence-corrected chi connectivity index (χ4v) is 2.25. The van der Waals surface area contributed by atoms with Crippen LogP contribution in [0.5, 0.6) is 5.75 Å². The van der Waals surface area contributed by atoms with Crippen molar-refractivity contribution < 1.29 is 27.3 Å². The van der Waals surface area contributed by atoms with Crippen molar-refractivity contribution in [3.63, 3.8) is 0 Å². The second kappa shape index (κ2) is 11.4. The van der Waals surface area contributed by atoms with Crippen molar-refractivity contribution in [2.24, 2.45) is 4.99 Å². The maximum Gasteiger partial charge on any atom is 2.00 e. The van der Waals surface area contributed by atoms with Crippen molar-refractivity contribution in [3.05, 3.63) is 111 Å². The van der Waals surface area contributed by atoms with Crippen LogP contribution in [0.25, 0.3) is 0 Å². The summed E-state index contributed by atoms with van der Waals surface area (Å²) in [5.74, 6) is -0.0286. The molecule has 141 valence electrons. The van der Waals surface area contributed by atoms with E-state index >= 15 is 0 Å². The Labute approximate surface area is 166 Å². The molecule has 27 heavy (non-hydrogen) atoms. The Morgan fingerprint density at radius 3 is 2.11 bits per heavy atom. The summed E-state index contributed by atoms with van der Waals surface area (Å²) in [6.07, 6.45) is 3.39. The Balaban J connectivity index is 0.000000666. The molecule has 0 saturated carbocycles. The number of pyridine rings is 1. The summed E-state index contributed by atoms with van der Waals surface area (Å²) < 4.78 is 0. The van der Waals surface area contributed by atoms with Crippen LogP contribution in [0.2, 0.25) is 0 Å². The molecule has 0 N–H and O–H groups in total. The van der Waals surface area contributed by atoms with Crippen LogP contribution in [-0.4, -0.2) is 16.3 Å². The summed E-state index contributed by atoms with van der Waals surface area (Å²) in [7, 11) is 0. The first kappa shape index (κ1) is 21.8. The van der Waals surface area contributed by atoms with Gasteiger partial charge in [-0.2, -0.15) is 0 Å². The second-order valence-electron chi connectivity index (χ2n) is 5.11. The van der Waals surface area contributed by atoms with Crippen LogP contribution in [-0.2, 0) is 17.1 Å². The van der Waals surface area contributed by atoms with Gasteiger partial charge in [0.25, 0.3) is 0 Å². The number of hydrogen-bond donors (Lipinski definition) is 0. The summed E-state index contributed by atoms with van der Waals surface area (Å²) in [5, 5.41) is 26.5. The molecule has 8 heteroatoms. The van der Waals surface area contributed by atoms with Gasteiger partial charge < -0.3 is 20.4 Å². The summed E-state index contributed by atoms with van der Waals surface area (Å²) >= 11 is 0. The molecule has 2 aromatic carbocycles. The molecule has 1 aromatic heterocycles. The van der Waals surface area contributed by atoms with Gasteiger partial charge in [-0.25, -0.2) is 0 Å². The first-order valence-electron chi connectivity index (χ1n) is 7.64. The number of hydrogen-bond acceptors (Lipinski definition) is 6. The Morgan fingerprint density at radius 2 is 1.52 bits per heavy atom. The van der Waals surface area contributed by atoms with Crippen LogP contribution < -0.4 is 5.11 Å². The standard InChI is InChI=1S/C19H16N2O.Cu.NO3/c22-18-12-5-4-10-16(18)14-21-19(15-8-2-1-3-9-15)17-11-6-7-13-20-17;;2-1(3)4/h1-14,19,22H;;/q;+2;-1/p-1/t19-;;/m1../s1. The van der Waals surface area contributed by atoms with Gasteiger partial charge in [-0.05, 0) is 23.3 Å². The van der Waals surface area contributed by atoms with Crippen molar-refractivity contribution in [1.29, 1.82) is 0 Å². The molecule has 1 radical (unpaired) electrons. The Kier molecular flexibility index (Phi) is 9.22. The summed E-state index contributed by atoms with van der Waals surface area (Å²) in [5.41, 5.74) is 2.48. The number of nitrogens with zero attached hydrogens (tertiary/aromatic N) is 3. The zero-order valence-corrected chi connectivity index (χ0v) is 14.9. The molecule has 0 aliphatic heterocycles. The summed E-state index contributed by atoms with van der Waals surface area (Å²) in [6.45, 7) is 0. The SMILES string of the molecule is O=[N+]([O-])[O-].[Cu+2].[O-]c1ccccc1C=N[C@H](c1ccccc1)c1ccccn1. The van der Waals surface area contributed by atoms with Gasteiger partial charge in [0.2, 0.25) is 0 Å². The number of aliphatic imine (C=N–C) groups is 1. The van der Waals surface area contributed by atoms with Gasteiger partial charge in [0.05, 0.1) is 10.8 Å². The van der Waals surface area contributed by atoms with E-state index in [1.54, 1.807) is 30.6 Å². The first-order chi connectivity index (χ1) is 12.6. The van der Waals surface area contributed by atoms with Crippen LogP contribution in [0.15, 0.2) is 84.0 Å². The van der Waals surface area contributed by atoms with E-state index in [-0.39, 0.29) is 28.9 Å². The molecule has 0 saturated heterocycles. The molecule has 0 bridgehead atoms. The number of benzene rings is 2. The first-order valence-corrected chi connectivity index (χ1v) is 7.64. The molecule has 3 aromatic rings. The largest absolute Gasteiger partial charge is 2.00 e. The maximum atomic E-state index is 11.8. The fourth-order valence-electron chi connectivity index (χ4n) is 2.25. The number of para-hydroxylation sites is 1. The Bertz CT molecular complexity index is 818. The second-order valence-corrected chi connectivity index (χ2v) is 5.11. The number of rotatable bonds is 4. The van der Waals surface area contributed by atoms with Gasteiger partial charge in [0.1, 0.15) is 6.04 Å². The molecule has 0 aliphatic rings. The molecule has 0 unspecified atom stereocenters. The Hall–Kier alpha value is -3.22. The summed E-state index contributed by atoms with van der Waals surface area (Å²) in [6, 6.07) is 22.4. The molecule has 0 aliphatic carbocycles. The molecule has 1 heterocycles. The average Bonchev–Trinajstić information content (AvgIpc) is 2.65. The minimum atomic E-state index is -1.75. The van der Waals surface area contributed by atoms with Crippen molar-refractivity contribution >= 4 is 6.21 Å². The van der Waals surface area contributed by atoms with Crippen LogP contribution in [0.4, 0.5) is 0 Å². The zero-order chi connectivity index (χ0) is 18.8. The molecule has 7 nitrogen and oxygen atoms in total. The minimum Gasteiger partial charge on any atom is -0.872 e. The predicted molar refractivity (Wildman–Crippen MR) is 96.4 cm³/mol. The van der Waals surface area contributed by atoms with Crippen LogP contribution >= 0.6 is 0 Å². The fraction of sp³-hybridized carbons (Fsp3) is 0.0526. The molecule has 3 rings (SSSR count). The number of aromatic nitrogens is 1. The van der Waals surface area contributed by atoms with Gasteiger partial charge >= 0.3 is 17.1 Å². The predicted octanol–water partition coefficient (Wildman–Crippen LogP) is 3.12. The van der Waals surface area contributed by atoms with Gasteiger partial charge in [-0.3, -0.25) is 9.98 Å². The van der Waals surface area contributed by atoms with Crippen LogP contribution in [0.1, 0.15) is 22.9 Å². The van der Waals surface area contributed by atoms with E-state index in [1.807, 2.05) is 54.6 Å². The van der Waals surface area contributed by atoms with Gasteiger partial charge in [-0.1, -0.05) is 60.7 Å². The third-order valence-corrected chi connectivity index (χ3v) is 3.36. The van der Waals surface area contributed by atoms with E-state index in [1.165, 1.54) is 0 Å². The average molecular weight is 413 g/mol. The quantitative estimate of drug-likeness (QED) is 0.282. The zero-order valence-electron chi connectivity index (χ0n) is 13.9. The van der Waals surface area contributed by atoms with Crippen molar-refractivity contribution in [2.45, 2.75) is 6.04 Å². The molecule has 0 amide bonds. The van der Waals surface area contributed by atoms with Crippen LogP contribution in [0, 0.1) is 15.3 Å².